The number of rotatable bonds is 4. The third-order valence-electron chi connectivity index (χ3n) is 9.59. The Hall–Kier alpha value is -7.39. The van der Waals surface area contributed by atoms with Gasteiger partial charge < -0.3 is 9.13 Å². The zero-order chi connectivity index (χ0) is 33.8. The predicted molar refractivity (Wildman–Crippen MR) is 203 cm³/mol. The Kier molecular flexibility index (Phi) is 6.56. The summed E-state index contributed by atoms with van der Waals surface area (Å²) in [6, 6.07) is 53.1. The van der Waals surface area contributed by atoms with Gasteiger partial charge in [0.2, 0.25) is 11.4 Å². The molecular formula is C45H25N5. The highest BCUT2D eigenvalue weighted by Gasteiger charge is 2.21. The van der Waals surface area contributed by atoms with Gasteiger partial charge in [0.1, 0.15) is 0 Å². The SMILES string of the molecule is [C-]#[N+]c1cccc(-c2ccccc2-c2cccc(-n3c4ccccc4c4cccc([N+]#[C-])c43)c2)c1-n1c2ccccc2c2cc(C#N)ccc21. The minimum atomic E-state index is 0.537. The molecule has 50 heavy (non-hydrogen) atoms. The molecule has 0 saturated carbocycles. The van der Waals surface area contributed by atoms with Crippen LogP contribution < -0.4 is 0 Å². The summed E-state index contributed by atoms with van der Waals surface area (Å²) in [5.41, 5.74) is 11.3. The van der Waals surface area contributed by atoms with Gasteiger partial charge in [0, 0.05) is 21.8 Å². The molecule has 0 fully saturated rings. The molecule has 0 atom stereocenters. The summed E-state index contributed by atoms with van der Waals surface area (Å²) in [6.07, 6.45) is 0. The lowest BCUT2D eigenvalue weighted by Gasteiger charge is -2.19. The third-order valence-corrected chi connectivity index (χ3v) is 9.59. The molecule has 9 aromatic rings. The van der Waals surface area contributed by atoms with Crippen molar-refractivity contribution in [2.75, 3.05) is 0 Å². The molecule has 0 aliphatic rings. The summed E-state index contributed by atoms with van der Waals surface area (Å²) in [5.74, 6) is 0. The van der Waals surface area contributed by atoms with Crippen molar-refractivity contribution in [2.45, 2.75) is 0 Å². The summed E-state index contributed by atoms with van der Waals surface area (Å²) in [7, 11) is 0. The maximum atomic E-state index is 9.71. The van der Waals surface area contributed by atoms with Gasteiger partial charge in [-0.2, -0.15) is 5.26 Å². The van der Waals surface area contributed by atoms with E-state index in [9.17, 15) is 5.26 Å². The number of hydrogen-bond acceptors (Lipinski definition) is 1. The normalized spacial score (nSPS) is 11.1. The van der Waals surface area contributed by atoms with Gasteiger partial charge in [-0.15, -0.1) is 0 Å². The Morgan fingerprint density at radius 1 is 0.480 bits per heavy atom. The van der Waals surface area contributed by atoms with Crippen molar-refractivity contribution in [2.24, 2.45) is 0 Å². The van der Waals surface area contributed by atoms with Gasteiger partial charge in [-0.1, -0.05) is 109 Å². The minimum Gasteiger partial charge on any atom is -0.319 e. The first-order chi connectivity index (χ1) is 24.7. The fourth-order valence-corrected chi connectivity index (χ4v) is 7.50. The zero-order valence-corrected chi connectivity index (χ0v) is 26.7. The number of fused-ring (bicyclic) bond motifs is 6. The van der Waals surface area contributed by atoms with Gasteiger partial charge in [-0.3, -0.25) is 0 Å². The number of benzene rings is 7. The van der Waals surface area contributed by atoms with E-state index in [0.29, 0.717) is 16.9 Å². The molecule has 5 heteroatoms. The fourth-order valence-electron chi connectivity index (χ4n) is 7.50. The lowest BCUT2D eigenvalue weighted by molar-refractivity contribution is 1.18. The molecule has 7 aromatic carbocycles. The number of hydrogen-bond donors (Lipinski definition) is 0. The predicted octanol–water partition coefficient (Wildman–Crippen LogP) is 12.2. The van der Waals surface area contributed by atoms with Crippen molar-refractivity contribution in [3.05, 3.63) is 180 Å². The minimum absolute atomic E-state index is 0.537. The molecule has 230 valence electrons. The first-order valence-electron chi connectivity index (χ1n) is 16.2. The van der Waals surface area contributed by atoms with Crippen molar-refractivity contribution in [3.8, 4) is 39.7 Å². The molecule has 0 unspecified atom stereocenters. The lowest BCUT2D eigenvalue weighted by atomic mass is 9.92. The topological polar surface area (TPSA) is 42.4 Å². The van der Waals surface area contributed by atoms with E-state index >= 15 is 0 Å². The molecule has 0 spiro atoms. The van der Waals surface area contributed by atoms with Crippen LogP contribution >= 0.6 is 0 Å². The van der Waals surface area contributed by atoms with E-state index < -0.39 is 0 Å². The van der Waals surface area contributed by atoms with Gasteiger partial charge in [0.05, 0.1) is 52.5 Å². The average molecular weight is 636 g/mol. The standard InChI is InChI=1S/C45H25N5/c1-47-39-20-11-19-37-34-16-5-7-22-41(34)49(44(37)39)31-13-9-12-30(27-31)32-14-3-4-15-33(32)36-18-10-21-40(48-2)45(36)50-42-23-8-6-17-35(42)38-26-29(28-46)24-25-43(38)50/h3-27H. The highest BCUT2D eigenvalue weighted by Crippen LogP contribution is 2.44. The van der Waals surface area contributed by atoms with E-state index in [1.807, 2.05) is 78.9 Å². The molecule has 0 amide bonds. The van der Waals surface area contributed by atoms with E-state index in [1.54, 1.807) is 0 Å². The largest absolute Gasteiger partial charge is 0.319 e. The summed E-state index contributed by atoms with van der Waals surface area (Å²) in [5, 5.41) is 13.9. The van der Waals surface area contributed by atoms with Crippen LogP contribution in [0.5, 0.6) is 0 Å². The van der Waals surface area contributed by atoms with Crippen molar-refractivity contribution in [3.63, 3.8) is 0 Å². The molecule has 0 saturated heterocycles. The fraction of sp³-hybridized carbons (Fsp3) is 0. The summed E-state index contributed by atoms with van der Waals surface area (Å²) in [6.45, 7) is 16.2. The van der Waals surface area contributed by atoms with Crippen molar-refractivity contribution >= 4 is 55.0 Å². The van der Waals surface area contributed by atoms with Gasteiger partial charge in [-0.25, -0.2) is 9.69 Å². The van der Waals surface area contributed by atoms with Gasteiger partial charge in [0.25, 0.3) is 0 Å². The Bertz CT molecular complexity index is 2970. The molecule has 2 aromatic heterocycles. The molecular weight excluding hydrogens is 611 g/mol. The highest BCUT2D eigenvalue weighted by atomic mass is 15.0. The van der Waals surface area contributed by atoms with Crippen molar-refractivity contribution in [1.29, 1.82) is 5.26 Å². The second-order valence-electron chi connectivity index (χ2n) is 12.2. The monoisotopic (exact) mass is 635 g/mol. The van der Waals surface area contributed by atoms with Crippen LogP contribution in [0.3, 0.4) is 0 Å². The van der Waals surface area contributed by atoms with Crippen LogP contribution in [0, 0.1) is 24.5 Å². The quantitative estimate of drug-likeness (QED) is 0.177. The number of nitriles is 1. The van der Waals surface area contributed by atoms with Crippen LogP contribution in [-0.2, 0) is 0 Å². The Morgan fingerprint density at radius 3 is 1.86 bits per heavy atom. The lowest BCUT2D eigenvalue weighted by Crippen LogP contribution is -1.99. The molecule has 0 bridgehead atoms. The highest BCUT2D eigenvalue weighted by molar-refractivity contribution is 6.14. The molecule has 9 rings (SSSR count). The molecule has 2 heterocycles. The molecule has 5 nitrogen and oxygen atoms in total. The van der Waals surface area contributed by atoms with Crippen molar-refractivity contribution in [1.82, 2.24) is 9.13 Å². The Morgan fingerprint density at radius 2 is 1.08 bits per heavy atom. The van der Waals surface area contributed by atoms with E-state index in [2.05, 4.69) is 97.7 Å². The van der Waals surface area contributed by atoms with Gasteiger partial charge >= 0.3 is 0 Å². The summed E-state index contributed by atoms with van der Waals surface area (Å²) < 4.78 is 4.37. The van der Waals surface area contributed by atoms with Gasteiger partial charge in [-0.05, 0) is 70.1 Å². The first-order valence-corrected chi connectivity index (χ1v) is 16.2. The Labute approximate surface area is 288 Å². The van der Waals surface area contributed by atoms with E-state index in [4.69, 9.17) is 13.1 Å². The first kappa shape index (κ1) is 28.8. The second kappa shape index (κ2) is 11.4. The summed E-state index contributed by atoms with van der Waals surface area (Å²) in [4.78, 5) is 7.94. The maximum absolute atomic E-state index is 9.71. The zero-order valence-electron chi connectivity index (χ0n) is 26.7. The number of aromatic nitrogens is 2. The molecule has 0 N–H and O–H groups in total. The van der Waals surface area contributed by atoms with E-state index in [-0.39, 0.29) is 0 Å². The van der Waals surface area contributed by atoms with Crippen LogP contribution in [0.25, 0.3) is 86.9 Å². The second-order valence-corrected chi connectivity index (χ2v) is 12.2. The van der Waals surface area contributed by atoms with E-state index in [1.165, 1.54) is 0 Å². The summed E-state index contributed by atoms with van der Waals surface area (Å²) >= 11 is 0. The third kappa shape index (κ3) is 4.24. The van der Waals surface area contributed by atoms with Crippen LogP contribution in [0.4, 0.5) is 11.4 Å². The number of nitrogens with zero attached hydrogens (tertiary/aromatic N) is 5. The Balaban J connectivity index is 1.30. The average Bonchev–Trinajstić information content (AvgIpc) is 3.70. The van der Waals surface area contributed by atoms with Crippen molar-refractivity contribution < 1.29 is 0 Å². The molecule has 0 radical (unpaired) electrons. The number of para-hydroxylation sites is 4. The molecule has 0 aliphatic carbocycles. The van der Waals surface area contributed by atoms with Crippen LogP contribution in [0.2, 0.25) is 0 Å². The molecule has 0 aliphatic heterocycles. The smallest absolute Gasteiger partial charge is 0.211 e. The maximum Gasteiger partial charge on any atom is 0.211 e. The van der Waals surface area contributed by atoms with Gasteiger partial charge in [0.15, 0.2) is 0 Å². The van der Waals surface area contributed by atoms with Crippen LogP contribution in [-0.4, -0.2) is 9.13 Å². The van der Waals surface area contributed by atoms with Crippen LogP contribution in [0.15, 0.2) is 152 Å². The van der Waals surface area contributed by atoms with E-state index in [0.717, 1.165) is 77.2 Å². The van der Waals surface area contributed by atoms with Crippen LogP contribution in [0.1, 0.15) is 5.56 Å².